The molecule has 1 aromatic heterocycles. The van der Waals surface area contributed by atoms with Gasteiger partial charge in [0, 0.05) is 31.7 Å². The Morgan fingerprint density at radius 3 is 2.54 bits per heavy atom. The highest BCUT2D eigenvalue weighted by molar-refractivity contribution is 5.98. The van der Waals surface area contributed by atoms with Crippen LogP contribution >= 0.6 is 0 Å². The first-order valence-electron chi connectivity index (χ1n) is 11.9. The minimum Gasteiger partial charge on any atom is -0.493 e. The van der Waals surface area contributed by atoms with E-state index >= 15 is 4.39 Å². The number of benzene rings is 2. The molecule has 3 aromatic rings. The summed E-state index contributed by atoms with van der Waals surface area (Å²) in [5, 5.41) is 13.7. The molecular weight excluding hydrogens is 483 g/mol. The van der Waals surface area contributed by atoms with Crippen LogP contribution in [0.2, 0.25) is 0 Å². The molecule has 1 saturated heterocycles. The Balaban J connectivity index is 1.50. The molecule has 2 heterocycles. The van der Waals surface area contributed by atoms with Crippen LogP contribution in [0.1, 0.15) is 35.7 Å². The molecule has 2 aromatic carbocycles. The molecular formula is C26H27FN4O6. The zero-order chi connectivity index (χ0) is 26.3. The third-order valence-corrected chi connectivity index (χ3v) is 6.70. The van der Waals surface area contributed by atoms with Crippen LogP contribution in [0.25, 0.3) is 10.9 Å². The first-order valence-corrected chi connectivity index (χ1v) is 11.9. The van der Waals surface area contributed by atoms with Gasteiger partial charge in [0.05, 0.1) is 36.9 Å². The van der Waals surface area contributed by atoms with E-state index in [0.717, 1.165) is 18.9 Å². The second-order valence-electron chi connectivity index (χ2n) is 9.08. The number of fused-ring (bicyclic) bond motifs is 1. The standard InChI is InChI=1S/C26H27FN4O6/c1-35-20-5-3-4-6-21(20)37-29-19-9-10-30(13-18(19)28)23-17(27)11-15-22(25(23)36-2)31(14-7-8-14)12-16(24(15)32)26(33)34/h3-6,11-12,14,18H,7-10,13,28H2,1-2H3,(H,33,34)/b29-19-. The Morgan fingerprint density at radius 2 is 1.92 bits per heavy atom. The number of aromatic nitrogens is 1. The summed E-state index contributed by atoms with van der Waals surface area (Å²) in [5.74, 6) is -0.881. The van der Waals surface area contributed by atoms with Crippen LogP contribution in [-0.4, -0.2) is 54.7 Å². The van der Waals surface area contributed by atoms with Crippen molar-refractivity contribution in [3.05, 3.63) is 58.1 Å². The molecule has 1 aliphatic heterocycles. The lowest BCUT2D eigenvalue weighted by Crippen LogP contribution is -2.49. The molecule has 0 bridgehead atoms. The molecule has 2 fully saturated rings. The normalized spacial score (nSPS) is 18.8. The van der Waals surface area contributed by atoms with E-state index in [0.29, 0.717) is 35.7 Å². The third-order valence-electron chi connectivity index (χ3n) is 6.70. The van der Waals surface area contributed by atoms with E-state index in [1.165, 1.54) is 20.4 Å². The lowest BCUT2D eigenvalue weighted by molar-refractivity contribution is 0.0694. The average molecular weight is 511 g/mol. The number of methoxy groups -OCH3 is 2. The van der Waals surface area contributed by atoms with Gasteiger partial charge < -0.3 is 34.6 Å². The van der Waals surface area contributed by atoms with E-state index in [1.807, 2.05) is 6.07 Å². The molecule has 10 nitrogen and oxygen atoms in total. The summed E-state index contributed by atoms with van der Waals surface area (Å²) in [5.41, 5.74) is 6.41. The average Bonchev–Trinajstić information content (AvgIpc) is 3.73. The van der Waals surface area contributed by atoms with Gasteiger partial charge in [-0.05, 0) is 31.0 Å². The molecule has 1 atom stereocenters. The highest BCUT2D eigenvalue weighted by Gasteiger charge is 2.33. The Morgan fingerprint density at radius 1 is 1.19 bits per heavy atom. The summed E-state index contributed by atoms with van der Waals surface area (Å²) < 4.78 is 28.2. The zero-order valence-electron chi connectivity index (χ0n) is 20.4. The van der Waals surface area contributed by atoms with Gasteiger partial charge in [-0.3, -0.25) is 4.79 Å². The van der Waals surface area contributed by atoms with Gasteiger partial charge in [0.1, 0.15) is 11.3 Å². The molecule has 0 radical (unpaired) electrons. The van der Waals surface area contributed by atoms with Crippen LogP contribution in [0.5, 0.6) is 17.2 Å². The summed E-state index contributed by atoms with van der Waals surface area (Å²) in [6.07, 6.45) is 3.39. The van der Waals surface area contributed by atoms with Gasteiger partial charge in [0.2, 0.25) is 5.43 Å². The number of nitrogens with zero attached hydrogens (tertiary/aromatic N) is 3. The van der Waals surface area contributed by atoms with Crippen LogP contribution in [-0.2, 0) is 0 Å². The number of pyridine rings is 1. The van der Waals surface area contributed by atoms with Crippen LogP contribution < -0.4 is 30.4 Å². The molecule has 1 aliphatic carbocycles. The first kappa shape index (κ1) is 24.6. The highest BCUT2D eigenvalue weighted by atomic mass is 19.1. The van der Waals surface area contributed by atoms with Gasteiger partial charge in [-0.2, -0.15) is 0 Å². The van der Waals surface area contributed by atoms with E-state index in [9.17, 15) is 14.7 Å². The number of nitrogens with two attached hydrogens (primary N) is 1. The van der Waals surface area contributed by atoms with Crippen molar-refractivity contribution >= 4 is 28.3 Å². The van der Waals surface area contributed by atoms with Crippen LogP contribution in [0, 0.1) is 5.82 Å². The molecule has 1 unspecified atom stereocenters. The summed E-state index contributed by atoms with van der Waals surface area (Å²) in [6, 6.07) is 7.67. The molecule has 194 valence electrons. The number of oxime groups is 1. The largest absolute Gasteiger partial charge is 0.493 e. The predicted molar refractivity (Wildman–Crippen MR) is 136 cm³/mol. The Kier molecular flexibility index (Phi) is 6.46. The lowest BCUT2D eigenvalue weighted by atomic mass is 10.0. The number of carbonyl (C=O) groups is 1. The minimum absolute atomic E-state index is 0.0166. The quantitative estimate of drug-likeness (QED) is 0.464. The van der Waals surface area contributed by atoms with E-state index in [1.54, 1.807) is 27.7 Å². The first-order chi connectivity index (χ1) is 17.8. The Labute approximate surface area is 211 Å². The number of carboxylic acids is 1. The van der Waals surface area contributed by atoms with Gasteiger partial charge in [-0.15, -0.1) is 0 Å². The number of rotatable bonds is 7. The van der Waals surface area contributed by atoms with Crippen molar-refractivity contribution in [1.82, 2.24) is 4.57 Å². The summed E-state index contributed by atoms with van der Waals surface area (Å²) >= 11 is 0. The maximum Gasteiger partial charge on any atom is 0.341 e. The lowest BCUT2D eigenvalue weighted by Gasteiger charge is -2.34. The molecule has 1 saturated carbocycles. The smallest absolute Gasteiger partial charge is 0.341 e. The highest BCUT2D eigenvalue weighted by Crippen LogP contribution is 2.44. The molecule has 11 heteroatoms. The molecule has 37 heavy (non-hydrogen) atoms. The second kappa shape index (κ2) is 9.74. The Bertz CT molecular complexity index is 1470. The van der Waals surface area contributed by atoms with Crippen molar-refractivity contribution in [2.45, 2.75) is 31.3 Å². The van der Waals surface area contributed by atoms with Crippen molar-refractivity contribution in [3.8, 4) is 17.2 Å². The van der Waals surface area contributed by atoms with Crippen molar-refractivity contribution in [1.29, 1.82) is 0 Å². The number of aromatic carboxylic acids is 1. The molecule has 3 N–H and O–H groups in total. The number of carboxylic acid groups (broad SMARTS) is 1. The number of piperidine rings is 1. The number of para-hydroxylation sites is 2. The van der Waals surface area contributed by atoms with Crippen molar-refractivity contribution in [2.75, 3.05) is 32.2 Å². The van der Waals surface area contributed by atoms with Gasteiger partial charge in [-0.25, -0.2) is 9.18 Å². The van der Waals surface area contributed by atoms with E-state index in [2.05, 4.69) is 5.16 Å². The fourth-order valence-electron chi connectivity index (χ4n) is 4.71. The fourth-order valence-corrected chi connectivity index (χ4v) is 4.71. The maximum atomic E-state index is 15.6. The molecule has 0 amide bonds. The molecule has 2 aliphatic rings. The van der Waals surface area contributed by atoms with Gasteiger partial charge in [0.15, 0.2) is 23.1 Å². The van der Waals surface area contributed by atoms with E-state index in [-0.39, 0.29) is 29.4 Å². The maximum absolute atomic E-state index is 15.6. The Hall–Kier alpha value is -4.12. The second-order valence-corrected chi connectivity index (χ2v) is 9.08. The summed E-state index contributed by atoms with van der Waals surface area (Å²) in [7, 11) is 2.94. The number of anilines is 1. The third kappa shape index (κ3) is 4.46. The van der Waals surface area contributed by atoms with Crippen LogP contribution in [0.4, 0.5) is 10.1 Å². The minimum atomic E-state index is -1.35. The number of hydrogen-bond donors (Lipinski definition) is 2. The van der Waals surface area contributed by atoms with Crippen molar-refractivity contribution in [3.63, 3.8) is 0 Å². The summed E-state index contributed by atoms with van der Waals surface area (Å²) in [4.78, 5) is 31.9. The number of halogens is 1. The SMILES string of the molecule is COc1ccccc1O/N=C1/CCN(c2c(F)cc3c(=O)c(C(=O)O)cn(C4CC4)c3c2OC)CC1N. The van der Waals surface area contributed by atoms with Crippen LogP contribution in [0.3, 0.4) is 0 Å². The predicted octanol–water partition coefficient (Wildman–Crippen LogP) is 3.16. The topological polar surface area (TPSA) is 129 Å². The molecule has 5 rings (SSSR count). The molecule has 0 spiro atoms. The number of hydrogen-bond acceptors (Lipinski definition) is 8. The fraction of sp³-hybridized carbons (Fsp3) is 0.346. The summed E-state index contributed by atoms with van der Waals surface area (Å²) in [6.45, 7) is 0.606. The van der Waals surface area contributed by atoms with Gasteiger partial charge in [-0.1, -0.05) is 17.3 Å². The van der Waals surface area contributed by atoms with Crippen molar-refractivity contribution < 1.29 is 28.6 Å². The zero-order valence-corrected chi connectivity index (χ0v) is 20.4. The van der Waals surface area contributed by atoms with Crippen molar-refractivity contribution in [2.24, 2.45) is 10.9 Å². The van der Waals surface area contributed by atoms with E-state index in [4.69, 9.17) is 20.0 Å². The monoisotopic (exact) mass is 510 g/mol. The van der Waals surface area contributed by atoms with Gasteiger partial charge >= 0.3 is 5.97 Å². The number of ether oxygens (including phenoxy) is 2. The van der Waals surface area contributed by atoms with E-state index < -0.39 is 28.8 Å². The van der Waals surface area contributed by atoms with Gasteiger partial charge in [0.25, 0.3) is 0 Å². The van der Waals surface area contributed by atoms with Crippen LogP contribution in [0.15, 0.2) is 46.5 Å².